The Labute approximate surface area is 62.4 Å². The molecule has 0 radical (unpaired) electrons. The van der Waals surface area contributed by atoms with Crippen LogP contribution in [0.2, 0.25) is 0 Å². The molecule has 0 bridgehead atoms. The number of hydrogen-bond acceptors (Lipinski definition) is 2. The number of rotatable bonds is 3. The van der Waals surface area contributed by atoms with Crippen molar-refractivity contribution >= 4 is 0 Å². The van der Waals surface area contributed by atoms with Gasteiger partial charge in [0.15, 0.2) is 0 Å². The zero-order valence-corrected chi connectivity index (χ0v) is 6.47. The molecule has 10 heavy (non-hydrogen) atoms. The van der Waals surface area contributed by atoms with Crippen LogP contribution in [0.15, 0.2) is 0 Å². The fraction of sp³-hybridized carbons (Fsp3) is 1.00. The molecule has 0 aromatic carbocycles. The van der Waals surface area contributed by atoms with Gasteiger partial charge in [0.1, 0.15) is 0 Å². The summed E-state index contributed by atoms with van der Waals surface area (Å²) in [5.41, 5.74) is 5.96. The maximum atomic E-state index is 8.77. The molecule has 0 saturated heterocycles. The largest absolute Gasteiger partial charge is 0.396 e. The van der Waals surface area contributed by atoms with Crippen LogP contribution in [0.4, 0.5) is 0 Å². The van der Waals surface area contributed by atoms with E-state index in [0.717, 1.165) is 13.0 Å². The van der Waals surface area contributed by atoms with Crippen LogP contribution < -0.4 is 5.73 Å². The van der Waals surface area contributed by atoms with E-state index in [9.17, 15) is 0 Å². The Morgan fingerprint density at radius 3 is 2.30 bits per heavy atom. The van der Waals surface area contributed by atoms with Crippen molar-refractivity contribution in [2.24, 2.45) is 11.1 Å². The van der Waals surface area contributed by atoms with E-state index in [4.69, 9.17) is 10.8 Å². The van der Waals surface area contributed by atoms with Crippen molar-refractivity contribution in [1.82, 2.24) is 0 Å². The maximum Gasteiger partial charge on any atom is 0.0436 e. The molecule has 1 saturated carbocycles. The first-order valence-corrected chi connectivity index (χ1v) is 4.14. The summed E-state index contributed by atoms with van der Waals surface area (Å²) in [5, 5.41) is 8.77. The van der Waals surface area contributed by atoms with Crippen LogP contribution in [-0.4, -0.2) is 18.3 Å². The molecular formula is C8H17NO. The molecule has 1 rings (SSSR count). The summed E-state index contributed by atoms with van der Waals surface area (Å²) >= 11 is 0. The molecule has 0 aromatic rings. The molecule has 1 fully saturated rings. The van der Waals surface area contributed by atoms with Crippen LogP contribution in [-0.2, 0) is 0 Å². The third kappa shape index (κ3) is 1.50. The van der Waals surface area contributed by atoms with Crippen molar-refractivity contribution in [1.29, 1.82) is 0 Å². The minimum atomic E-state index is 0.303. The van der Waals surface area contributed by atoms with Crippen molar-refractivity contribution in [3.05, 3.63) is 0 Å². The van der Waals surface area contributed by atoms with Gasteiger partial charge >= 0.3 is 0 Å². The van der Waals surface area contributed by atoms with Crippen molar-refractivity contribution in [2.45, 2.75) is 32.1 Å². The fourth-order valence-electron chi connectivity index (χ4n) is 1.92. The van der Waals surface area contributed by atoms with Gasteiger partial charge in [-0.1, -0.05) is 12.8 Å². The van der Waals surface area contributed by atoms with Gasteiger partial charge in [-0.15, -0.1) is 0 Å². The molecule has 0 aliphatic heterocycles. The Hall–Kier alpha value is -0.0800. The van der Waals surface area contributed by atoms with Crippen LogP contribution in [0.1, 0.15) is 32.1 Å². The molecule has 1 aliphatic carbocycles. The smallest absolute Gasteiger partial charge is 0.0436 e. The average Bonchev–Trinajstić information content (AvgIpc) is 2.39. The Balaban J connectivity index is 2.41. The predicted octanol–water partition coefficient (Wildman–Crippen LogP) is 0.888. The highest BCUT2D eigenvalue weighted by Gasteiger charge is 2.31. The van der Waals surface area contributed by atoms with Gasteiger partial charge in [0.25, 0.3) is 0 Å². The lowest BCUT2D eigenvalue weighted by molar-refractivity contribution is 0.191. The normalized spacial score (nSPS) is 23.4. The topological polar surface area (TPSA) is 46.2 Å². The van der Waals surface area contributed by atoms with E-state index in [-0.39, 0.29) is 0 Å². The highest BCUT2D eigenvalue weighted by molar-refractivity contribution is 4.84. The van der Waals surface area contributed by atoms with E-state index in [2.05, 4.69) is 0 Å². The van der Waals surface area contributed by atoms with E-state index in [1.807, 2.05) is 0 Å². The number of aliphatic hydroxyl groups excluding tert-OH is 1. The molecule has 0 unspecified atom stereocenters. The summed E-state index contributed by atoms with van der Waals surface area (Å²) in [4.78, 5) is 0. The lowest BCUT2D eigenvalue weighted by Gasteiger charge is -2.25. The fourth-order valence-corrected chi connectivity index (χ4v) is 1.92. The molecule has 2 heteroatoms. The second kappa shape index (κ2) is 3.35. The summed E-state index contributed by atoms with van der Waals surface area (Å²) in [7, 11) is 0. The third-order valence-corrected chi connectivity index (χ3v) is 2.74. The highest BCUT2D eigenvalue weighted by Crippen LogP contribution is 2.39. The van der Waals surface area contributed by atoms with Crippen LogP contribution in [0.25, 0.3) is 0 Å². The standard InChI is InChI=1S/C8H17NO/c9-7-8(5-6-10)3-1-2-4-8/h10H,1-7,9H2. The van der Waals surface area contributed by atoms with Gasteiger partial charge in [0.2, 0.25) is 0 Å². The Kier molecular flexibility index (Phi) is 2.69. The first kappa shape index (κ1) is 8.02. The van der Waals surface area contributed by atoms with Crippen molar-refractivity contribution in [2.75, 3.05) is 13.2 Å². The quantitative estimate of drug-likeness (QED) is 0.616. The molecule has 0 heterocycles. The Bertz CT molecular complexity index is 97.4. The van der Waals surface area contributed by atoms with Crippen LogP contribution in [0.5, 0.6) is 0 Å². The summed E-state index contributed by atoms with van der Waals surface area (Å²) in [5.74, 6) is 0. The highest BCUT2D eigenvalue weighted by atomic mass is 16.3. The molecule has 0 spiro atoms. The third-order valence-electron chi connectivity index (χ3n) is 2.74. The van der Waals surface area contributed by atoms with E-state index >= 15 is 0 Å². The van der Waals surface area contributed by atoms with Gasteiger partial charge in [0.05, 0.1) is 0 Å². The number of nitrogens with two attached hydrogens (primary N) is 1. The van der Waals surface area contributed by atoms with Gasteiger partial charge in [-0.05, 0) is 31.2 Å². The average molecular weight is 143 g/mol. The van der Waals surface area contributed by atoms with Gasteiger partial charge in [-0.3, -0.25) is 0 Å². The van der Waals surface area contributed by atoms with Crippen molar-refractivity contribution in [3.63, 3.8) is 0 Å². The lowest BCUT2D eigenvalue weighted by Crippen LogP contribution is -2.28. The molecule has 2 nitrogen and oxygen atoms in total. The van der Waals surface area contributed by atoms with Crippen LogP contribution in [0, 0.1) is 5.41 Å². The second-order valence-corrected chi connectivity index (χ2v) is 3.38. The number of hydrogen-bond donors (Lipinski definition) is 2. The SMILES string of the molecule is NCC1(CCO)CCCC1. The first-order chi connectivity index (χ1) is 4.83. The summed E-state index contributed by atoms with van der Waals surface area (Å²) in [6.45, 7) is 1.06. The lowest BCUT2D eigenvalue weighted by atomic mass is 9.83. The zero-order valence-electron chi connectivity index (χ0n) is 6.47. The summed E-state index contributed by atoms with van der Waals surface area (Å²) < 4.78 is 0. The molecule has 0 atom stereocenters. The Morgan fingerprint density at radius 2 is 1.90 bits per heavy atom. The monoisotopic (exact) mass is 143 g/mol. The molecule has 0 amide bonds. The predicted molar refractivity (Wildman–Crippen MR) is 41.7 cm³/mol. The van der Waals surface area contributed by atoms with Crippen molar-refractivity contribution < 1.29 is 5.11 Å². The van der Waals surface area contributed by atoms with E-state index in [1.54, 1.807) is 0 Å². The van der Waals surface area contributed by atoms with Gasteiger partial charge in [0, 0.05) is 6.61 Å². The van der Waals surface area contributed by atoms with E-state index in [1.165, 1.54) is 25.7 Å². The molecule has 1 aliphatic rings. The van der Waals surface area contributed by atoms with E-state index in [0.29, 0.717) is 12.0 Å². The maximum absolute atomic E-state index is 8.77. The summed E-state index contributed by atoms with van der Waals surface area (Å²) in [6, 6.07) is 0. The number of aliphatic hydroxyl groups is 1. The van der Waals surface area contributed by atoms with Gasteiger partial charge < -0.3 is 10.8 Å². The second-order valence-electron chi connectivity index (χ2n) is 3.38. The zero-order chi connectivity index (χ0) is 7.45. The first-order valence-electron chi connectivity index (χ1n) is 4.14. The summed E-state index contributed by atoms with van der Waals surface area (Å²) in [6.07, 6.45) is 5.96. The molecular weight excluding hydrogens is 126 g/mol. The van der Waals surface area contributed by atoms with Crippen LogP contribution >= 0.6 is 0 Å². The minimum Gasteiger partial charge on any atom is -0.396 e. The molecule has 60 valence electrons. The molecule has 3 N–H and O–H groups in total. The van der Waals surface area contributed by atoms with E-state index < -0.39 is 0 Å². The molecule has 0 aromatic heterocycles. The van der Waals surface area contributed by atoms with Gasteiger partial charge in [-0.25, -0.2) is 0 Å². The Morgan fingerprint density at radius 1 is 1.30 bits per heavy atom. The van der Waals surface area contributed by atoms with Crippen LogP contribution in [0.3, 0.4) is 0 Å². The van der Waals surface area contributed by atoms with Crippen molar-refractivity contribution in [3.8, 4) is 0 Å². The minimum absolute atomic E-state index is 0.303. The van der Waals surface area contributed by atoms with Gasteiger partial charge in [-0.2, -0.15) is 0 Å².